The van der Waals surface area contributed by atoms with E-state index in [1.54, 1.807) is 35.2 Å². The van der Waals surface area contributed by atoms with Gasteiger partial charge in [0.1, 0.15) is 0 Å². The zero-order valence-electron chi connectivity index (χ0n) is 17.6. The molecule has 1 fully saturated rings. The van der Waals surface area contributed by atoms with Gasteiger partial charge in [0.05, 0.1) is 11.2 Å². The Kier molecular flexibility index (Phi) is 5.47. The molecule has 0 N–H and O–H groups in total. The van der Waals surface area contributed by atoms with Crippen LogP contribution in [0.15, 0.2) is 97.8 Å². The van der Waals surface area contributed by atoms with Crippen molar-refractivity contribution in [3.8, 4) is 11.5 Å². The third-order valence-corrected chi connectivity index (χ3v) is 7.16. The third-order valence-electron chi connectivity index (χ3n) is 5.49. The molecule has 1 amide bonds. The van der Waals surface area contributed by atoms with E-state index < -0.39 is 9.84 Å². The fraction of sp³-hybridized carbons (Fsp3) is 0.167. The number of nitrogens with zero attached hydrogens (tertiary/aromatic N) is 3. The number of oxazole rings is 1. The molecule has 2 aromatic carbocycles. The number of amides is 1. The predicted octanol–water partition coefficient (Wildman–Crippen LogP) is 3.73. The van der Waals surface area contributed by atoms with Gasteiger partial charge in [-0.2, -0.15) is 4.98 Å². The Morgan fingerprint density at radius 2 is 1.52 bits per heavy atom. The van der Waals surface area contributed by atoms with Crippen LogP contribution in [0.3, 0.4) is 0 Å². The Morgan fingerprint density at radius 3 is 2.15 bits per heavy atom. The minimum Gasteiger partial charge on any atom is -0.459 e. The van der Waals surface area contributed by atoms with Crippen LogP contribution in [0.5, 0.6) is 0 Å². The van der Waals surface area contributed by atoms with Gasteiger partial charge in [-0.25, -0.2) is 8.42 Å². The lowest BCUT2D eigenvalue weighted by molar-refractivity contribution is 0.0713. The highest BCUT2D eigenvalue weighted by molar-refractivity contribution is 7.91. The van der Waals surface area contributed by atoms with Crippen molar-refractivity contribution in [3.63, 3.8) is 0 Å². The van der Waals surface area contributed by atoms with Gasteiger partial charge in [0, 0.05) is 31.7 Å². The summed E-state index contributed by atoms with van der Waals surface area (Å²) in [5, 5.41) is -0.127. The number of sulfone groups is 1. The van der Waals surface area contributed by atoms with Crippen LogP contribution in [0.2, 0.25) is 0 Å². The minimum absolute atomic E-state index is 0.127. The third kappa shape index (κ3) is 4.03. The quantitative estimate of drug-likeness (QED) is 0.445. The van der Waals surface area contributed by atoms with Gasteiger partial charge >= 0.3 is 0 Å². The predicted molar refractivity (Wildman–Crippen MR) is 121 cm³/mol. The molecule has 4 aromatic rings. The smallest absolute Gasteiger partial charge is 0.289 e. The molecule has 8 nitrogen and oxygen atoms in total. The molecule has 0 atom stereocenters. The van der Waals surface area contributed by atoms with E-state index in [0.717, 1.165) is 0 Å². The summed E-state index contributed by atoms with van der Waals surface area (Å²) < 4.78 is 38.1. The van der Waals surface area contributed by atoms with Crippen LogP contribution in [0.25, 0.3) is 11.5 Å². The lowest BCUT2D eigenvalue weighted by Gasteiger charge is -2.34. The highest BCUT2D eigenvalue weighted by Gasteiger charge is 2.33. The van der Waals surface area contributed by atoms with Gasteiger partial charge in [0.15, 0.2) is 5.76 Å². The first kappa shape index (κ1) is 21.0. The SMILES string of the molecule is O=C(c1ccco1)N1CCN(c2oc(-c3ccccc3)nc2S(=O)(=O)c2ccccc2)CC1. The molecule has 2 aromatic heterocycles. The van der Waals surface area contributed by atoms with Crippen molar-refractivity contribution in [2.75, 3.05) is 31.1 Å². The first-order valence-electron chi connectivity index (χ1n) is 10.5. The number of hydrogen-bond donors (Lipinski definition) is 0. The van der Waals surface area contributed by atoms with E-state index in [1.165, 1.54) is 18.4 Å². The van der Waals surface area contributed by atoms with E-state index >= 15 is 0 Å². The zero-order chi connectivity index (χ0) is 22.8. The highest BCUT2D eigenvalue weighted by Crippen LogP contribution is 2.35. The molecule has 1 aliphatic heterocycles. The molecule has 0 saturated carbocycles. The van der Waals surface area contributed by atoms with E-state index in [-0.39, 0.29) is 33.4 Å². The summed E-state index contributed by atoms with van der Waals surface area (Å²) in [5.74, 6) is 0.498. The number of carbonyl (C=O) groups is 1. The molecule has 0 spiro atoms. The van der Waals surface area contributed by atoms with Crippen molar-refractivity contribution >= 4 is 21.6 Å². The number of hydrogen-bond acceptors (Lipinski definition) is 7. The lowest BCUT2D eigenvalue weighted by atomic mass is 10.2. The highest BCUT2D eigenvalue weighted by atomic mass is 32.2. The summed E-state index contributed by atoms with van der Waals surface area (Å²) in [6.45, 7) is 1.58. The summed E-state index contributed by atoms with van der Waals surface area (Å²) in [4.78, 5) is 20.6. The van der Waals surface area contributed by atoms with Crippen LogP contribution in [0, 0.1) is 0 Å². The average Bonchev–Trinajstić information content (AvgIpc) is 3.56. The van der Waals surface area contributed by atoms with Crippen molar-refractivity contribution < 1.29 is 22.0 Å². The number of benzene rings is 2. The van der Waals surface area contributed by atoms with E-state index in [4.69, 9.17) is 8.83 Å². The van der Waals surface area contributed by atoms with Crippen LogP contribution >= 0.6 is 0 Å². The van der Waals surface area contributed by atoms with Gasteiger partial charge in [-0.1, -0.05) is 36.4 Å². The molecule has 168 valence electrons. The van der Waals surface area contributed by atoms with E-state index in [1.807, 2.05) is 35.2 Å². The summed E-state index contributed by atoms with van der Waals surface area (Å²) in [6.07, 6.45) is 1.46. The fourth-order valence-electron chi connectivity index (χ4n) is 3.76. The first-order valence-corrected chi connectivity index (χ1v) is 12.0. The molecule has 5 rings (SSSR count). The van der Waals surface area contributed by atoms with Gasteiger partial charge in [0.25, 0.3) is 5.91 Å². The average molecular weight is 464 g/mol. The Labute approximate surface area is 191 Å². The zero-order valence-corrected chi connectivity index (χ0v) is 18.4. The van der Waals surface area contributed by atoms with Gasteiger partial charge in [-0.3, -0.25) is 4.79 Å². The molecular formula is C24H21N3O5S. The Bertz CT molecular complexity index is 1340. The van der Waals surface area contributed by atoms with Gasteiger partial charge in [-0.15, -0.1) is 0 Å². The summed E-state index contributed by atoms with van der Waals surface area (Å²) >= 11 is 0. The second-order valence-electron chi connectivity index (χ2n) is 7.57. The maximum Gasteiger partial charge on any atom is 0.289 e. The Hall–Kier alpha value is -3.85. The largest absolute Gasteiger partial charge is 0.459 e. The molecule has 0 radical (unpaired) electrons. The Morgan fingerprint density at radius 1 is 0.848 bits per heavy atom. The van der Waals surface area contributed by atoms with Gasteiger partial charge in [0.2, 0.25) is 26.6 Å². The molecule has 3 heterocycles. The van der Waals surface area contributed by atoms with E-state index in [2.05, 4.69) is 4.98 Å². The molecule has 1 aliphatic rings. The fourth-order valence-corrected chi connectivity index (χ4v) is 5.10. The van der Waals surface area contributed by atoms with Crippen LogP contribution in [-0.4, -0.2) is 50.4 Å². The molecule has 0 aliphatic carbocycles. The molecular weight excluding hydrogens is 442 g/mol. The summed E-state index contributed by atoms with van der Waals surface area (Å²) in [5.41, 5.74) is 0.680. The van der Waals surface area contributed by atoms with Crippen molar-refractivity contribution in [1.29, 1.82) is 0 Å². The number of piperazine rings is 1. The summed E-state index contributed by atoms with van der Waals surface area (Å²) in [6, 6.07) is 20.6. The monoisotopic (exact) mass is 463 g/mol. The number of anilines is 1. The number of furan rings is 1. The number of carbonyl (C=O) groups excluding carboxylic acids is 1. The van der Waals surface area contributed by atoms with Crippen LogP contribution in [-0.2, 0) is 9.84 Å². The second-order valence-corrected chi connectivity index (χ2v) is 9.43. The van der Waals surface area contributed by atoms with Crippen molar-refractivity contribution in [1.82, 2.24) is 9.88 Å². The van der Waals surface area contributed by atoms with Gasteiger partial charge in [-0.05, 0) is 36.4 Å². The number of rotatable bonds is 5. The molecule has 0 bridgehead atoms. The topological polar surface area (TPSA) is 96.9 Å². The molecule has 9 heteroatoms. The minimum atomic E-state index is -3.91. The van der Waals surface area contributed by atoms with E-state index in [0.29, 0.717) is 31.7 Å². The number of aromatic nitrogens is 1. The standard InChI is InChI=1S/C24H21N3O5S/c28-23(20-12-7-17-31-20)26-13-15-27(16-14-26)24-22(33(29,30)19-10-5-2-6-11-19)25-21(32-24)18-8-3-1-4-9-18/h1-12,17H,13-16H2. The van der Waals surface area contributed by atoms with Crippen LogP contribution in [0.1, 0.15) is 10.6 Å². The maximum absolute atomic E-state index is 13.4. The molecule has 0 unspecified atom stereocenters. The first-order chi connectivity index (χ1) is 16.0. The van der Waals surface area contributed by atoms with Crippen LogP contribution in [0.4, 0.5) is 5.88 Å². The Balaban J connectivity index is 1.48. The van der Waals surface area contributed by atoms with Crippen molar-refractivity contribution in [2.24, 2.45) is 0 Å². The van der Waals surface area contributed by atoms with E-state index in [9.17, 15) is 13.2 Å². The van der Waals surface area contributed by atoms with Crippen molar-refractivity contribution in [2.45, 2.75) is 9.92 Å². The molecule has 33 heavy (non-hydrogen) atoms. The van der Waals surface area contributed by atoms with Gasteiger partial charge < -0.3 is 18.6 Å². The molecule has 1 saturated heterocycles. The second kappa shape index (κ2) is 8.59. The maximum atomic E-state index is 13.4. The summed E-state index contributed by atoms with van der Waals surface area (Å²) in [7, 11) is -3.91. The van der Waals surface area contributed by atoms with Crippen molar-refractivity contribution in [3.05, 3.63) is 84.8 Å². The lowest BCUT2D eigenvalue weighted by Crippen LogP contribution is -2.49. The van der Waals surface area contributed by atoms with Crippen LogP contribution < -0.4 is 4.90 Å². The normalized spacial score (nSPS) is 14.4.